The van der Waals surface area contributed by atoms with Crippen LogP contribution in [0.15, 0.2) is 85.3 Å². The van der Waals surface area contributed by atoms with E-state index in [0.717, 1.165) is 103 Å². The fraction of sp³-hybridized carbons (Fsp3) is 0.826. The molecule has 0 heterocycles. The van der Waals surface area contributed by atoms with Crippen LogP contribution in [0.3, 0.4) is 0 Å². The van der Waals surface area contributed by atoms with Crippen LogP contribution in [0.2, 0.25) is 0 Å². The summed E-state index contributed by atoms with van der Waals surface area (Å²) >= 11 is 0. The Hall–Kier alpha value is -3.85. The quantitative estimate of drug-likeness (QED) is 0.0200. The number of ether oxygens (including phenoxy) is 5. The number of esters is 3. The zero-order chi connectivity index (χ0) is 91.3. The molecule has 738 valence electrons. The molecule has 2 aromatic carbocycles. The van der Waals surface area contributed by atoms with Crippen molar-refractivity contribution in [2.75, 3.05) is 39.6 Å². The monoisotopic (exact) mass is 1820 g/mol. The lowest BCUT2D eigenvalue weighted by Gasteiger charge is -2.26. The summed E-state index contributed by atoms with van der Waals surface area (Å²) in [6, 6.07) is 18.4. The number of unbranched alkanes of at least 4 members (excludes halogenated alkanes) is 66. The molecule has 2 rings (SSSR count). The Morgan fingerprint density at radius 1 is 0.236 bits per heavy atom. The minimum atomic E-state index is -4.69. The molecule has 0 spiro atoms. The normalized spacial score (nSPS) is 13.5. The summed E-state index contributed by atoms with van der Waals surface area (Å²) in [6.07, 6.45) is 90.3. The predicted octanol–water partition coefficient (Wildman–Crippen LogP) is 35.5. The minimum absolute atomic E-state index is 0.0760. The molecule has 0 saturated carbocycles. The fourth-order valence-electron chi connectivity index (χ4n) is 16.2. The second kappa shape index (κ2) is 92.6. The maximum absolute atomic E-state index is 15.4. The smallest absolute Gasteiger partial charge is 0.475 e. The van der Waals surface area contributed by atoms with Crippen LogP contribution in [0.25, 0.3) is 0 Å². The summed E-state index contributed by atoms with van der Waals surface area (Å²) in [4.78, 5) is 41.8. The van der Waals surface area contributed by atoms with E-state index in [2.05, 4.69) is 34.6 Å². The number of hydrogen-bond donors (Lipinski definition) is 0. The van der Waals surface area contributed by atoms with Crippen molar-refractivity contribution in [1.82, 2.24) is 0 Å². The van der Waals surface area contributed by atoms with Crippen LogP contribution in [0.5, 0.6) is 0 Å². The molecule has 0 saturated heterocycles. The van der Waals surface area contributed by atoms with Gasteiger partial charge in [-0.05, 0) is 68.2 Å². The molecule has 2 aromatic rings. The van der Waals surface area contributed by atoms with Crippen LogP contribution in [0.1, 0.15) is 521 Å². The van der Waals surface area contributed by atoms with Crippen molar-refractivity contribution >= 4 is 33.6 Å². The first-order valence-electron chi connectivity index (χ1n) is 53.7. The SMILES string of the molecule is CCCCCCCCCCCCCC/C=C\OC[C@H](COP(=O)(OCc1ccccc1)OCC(COP(=O)(OCc1ccccc1)OC[C@@H](CO/C=C\CCCCCCCCCCCCCC)OC(=O)CCCCCCCCCCCCCCCCC)OC(=O)CCCCCCCCCCCCCCCCC)OC(=O)CCCCCCCCCCCCCCCCC. The lowest BCUT2D eigenvalue weighted by molar-refractivity contribution is -0.154. The van der Waals surface area contributed by atoms with Crippen molar-refractivity contribution in [1.29, 1.82) is 0 Å². The van der Waals surface area contributed by atoms with E-state index in [1.807, 2.05) is 72.8 Å². The van der Waals surface area contributed by atoms with Crippen molar-refractivity contribution in [2.24, 2.45) is 0 Å². The molecule has 0 aliphatic rings. The second-order valence-electron chi connectivity index (χ2n) is 36.8. The van der Waals surface area contributed by atoms with Gasteiger partial charge in [0.2, 0.25) is 0 Å². The Balaban J connectivity index is 2.45. The Morgan fingerprint density at radius 2 is 0.417 bits per heavy atom. The average Bonchev–Trinajstić information content (AvgIpc) is 0.857. The van der Waals surface area contributed by atoms with E-state index in [9.17, 15) is 14.4 Å². The van der Waals surface area contributed by atoms with Crippen molar-refractivity contribution in [3.8, 4) is 0 Å². The molecule has 0 fully saturated rings. The van der Waals surface area contributed by atoms with E-state index < -0.39 is 78.3 Å². The lowest BCUT2D eigenvalue weighted by Crippen LogP contribution is -2.30. The maximum atomic E-state index is 15.4. The van der Waals surface area contributed by atoms with Crippen LogP contribution in [0.4, 0.5) is 0 Å². The van der Waals surface area contributed by atoms with Gasteiger partial charge >= 0.3 is 33.6 Å². The molecule has 2 unspecified atom stereocenters. The molecule has 4 atom stereocenters. The number of benzene rings is 2. The largest absolute Gasteiger partial charge is 0.498 e. The van der Waals surface area contributed by atoms with Crippen LogP contribution in [-0.2, 0) is 87.6 Å². The van der Waals surface area contributed by atoms with Gasteiger partial charge in [-0.15, -0.1) is 0 Å². The number of hydrogen-bond acceptors (Lipinski definition) is 16. The maximum Gasteiger partial charge on any atom is 0.475 e. The van der Waals surface area contributed by atoms with Gasteiger partial charge in [0, 0.05) is 19.3 Å². The van der Waals surface area contributed by atoms with Gasteiger partial charge in [0.15, 0.2) is 12.2 Å². The zero-order valence-electron chi connectivity index (χ0n) is 82.7. The molecule has 18 heteroatoms. The van der Waals surface area contributed by atoms with E-state index in [4.69, 9.17) is 50.8 Å². The molecule has 0 N–H and O–H groups in total. The topological polar surface area (TPSA) is 187 Å². The summed E-state index contributed by atoms with van der Waals surface area (Å²) in [7, 11) is -9.38. The first-order chi connectivity index (χ1) is 62.5. The number of carbonyl (C=O) groups is 3. The van der Waals surface area contributed by atoms with E-state index in [0.29, 0.717) is 30.4 Å². The van der Waals surface area contributed by atoms with Gasteiger partial charge in [0.25, 0.3) is 0 Å². The molecule has 0 aliphatic heterocycles. The van der Waals surface area contributed by atoms with Crippen molar-refractivity contribution in [3.05, 3.63) is 96.5 Å². The average molecular weight is 1820 g/mol. The molecule has 0 amide bonds. The molecule has 127 heavy (non-hydrogen) atoms. The Labute approximate surface area is 780 Å². The van der Waals surface area contributed by atoms with E-state index in [1.165, 1.54) is 334 Å². The highest BCUT2D eigenvalue weighted by molar-refractivity contribution is 7.48. The first kappa shape index (κ1) is 119. The number of phosphoric acid groups is 2. The fourth-order valence-corrected chi connectivity index (χ4v) is 18.6. The Morgan fingerprint density at radius 3 is 0.622 bits per heavy atom. The summed E-state index contributed by atoms with van der Waals surface area (Å²) in [5, 5.41) is 0. The Bertz CT molecular complexity index is 2660. The highest BCUT2D eigenvalue weighted by Gasteiger charge is 2.36. The summed E-state index contributed by atoms with van der Waals surface area (Å²) in [6.45, 7) is 8.67. The van der Waals surface area contributed by atoms with Crippen LogP contribution in [-0.4, -0.2) is 75.9 Å². The van der Waals surface area contributed by atoms with Crippen molar-refractivity contribution in [3.63, 3.8) is 0 Å². The van der Waals surface area contributed by atoms with Gasteiger partial charge in [-0.25, -0.2) is 9.13 Å². The van der Waals surface area contributed by atoms with E-state index in [-0.39, 0.29) is 45.7 Å². The number of allylic oxidation sites excluding steroid dienone is 2. The summed E-state index contributed by atoms with van der Waals surface area (Å²) in [5.41, 5.74) is 1.36. The lowest BCUT2D eigenvalue weighted by atomic mass is 10.0. The summed E-state index contributed by atoms with van der Waals surface area (Å²) < 4.78 is 98.7. The number of rotatable bonds is 101. The third kappa shape index (κ3) is 81.4. The van der Waals surface area contributed by atoms with E-state index in [1.54, 1.807) is 12.5 Å². The highest BCUT2D eigenvalue weighted by Crippen LogP contribution is 2.53. The van der Waals surface area contributed by atoms with Crippen LogP contribution >= 0.6 is 15.6 Å². The standard InChI is InChI=1S/C109H196O16P2/c1-6-11-16-21-26-31-36-41-46-49-54-59-64-69-80-89-107(110)123-104(96-115-92-83-72-67-62-57-52-44-39-34-29-24-19-14-9-4)98-119-126(113,117-94-102-85-76-74-77-86-102)121-100-106(125-109(112)91-82-71-66-61-56-51-48-43-38-33-28-23-18-13-8-3)101-122-127(114,118-95-103-87-78-75-79-88-103)120-99-105(97-116-93-84-73-68-63-58-53-45-40-35-30-25-20-15-10-5)124-108(111)90-81-70-65-60-55-50-47-42-37-32-27-22-17-12-7-2/h74-79,83-88,92-93,104-106H,6-73,80-82,89-91,94-101H2,1-5H3/b92-83-,93-84-/t104-,105-,106?,126?,127?/m1/s1. The molecular formula is C109H196O16P2. The van der Waals surface area contributed by atoms with Gasteiger partial charge in [0.1, 0.15) is 19.3 Å². The molecule has 0 aliphatic carbocycles. The number of phosphoric ester groups is 2. The van der Waals surface area contributed by atoms with Gasteiger partial charge < -0.3 is 23.7 Å². The highest BCUT2D eigenvalue weighted by atomic mass is 31.2. The minimum Gasteiger partial charge on any atom is -0.498 e. The van der Waals surface area contributed by atoms with E-state index >= 15 is 9.13 Å². The molecule has 0 aromatic heterocycles. The summed E-state index contributed by atoms with van der Waals surface area (Å²) in [5.74, 6) is -1.40. The number of carbonyl (C=O) groups excluding carboxylic acids is 3. The van der Waals surface area contributed by atoms with Crippen LogP contribution in [0, 0.1) is 0 Å². The van der Waals surface area contributed by atoms with Gasteiger partial charge in [-0.3, -0.25) is 41.5 Å². The van der Waals surface area contributed by atoms with Crippen molar-refractivity contribution in [2.45, 2.75) is 541 Å². The predicted molar refractivity (Wildman–Crippen MR) is 531 cm³/mol. The second-order valence-corrected chi connectivity index (χ2v) is 40.1. The van der Waals surface area contributed by atoms with Gasteiger partial charge in [0.05, 0.1) is 52.2 Å². The third-order valence-corrected chi connectivity index (χ3v) is 27.1. The van der Waals surface area contributed by atoms with Crippen molar-refractivity contribution < 1.29 is 74.3 Å². The van der Waals surface area contributed by atoms with Gasteiger partial charge in [-0.1, -0.05) is 506 Å². The third-order valence-electron chi connectivity index (χ3n) is 24.4. The first-order valence-corrected chi connectivity index (χ1v) is 56.7. The zero-order valence-corrected chi connectivity index (χ0v) is 84.5. The Kier molecular flexibility index (Phi) is 86.9. The molecule has 0 radical (unpaired) electrons. The van der Waals surface area contributed by atoms with Gasteiger partial charge in [-0.2, -0.15) is 0 Å². The molecule has 0 bridgehead atoms. The molecule has 16 nitrogen and oxygen atoms in total. The molecular weight excluding hydrogens is 1630 g/mol. The van der Waals surface area contributed by atoms with Crippen LogP contribution < -0.4 is 0 Å².